The molecule has 0 unspecified atom stereocenters. The molecule has 0 aromatic rings. The van der Waals surface area contributed by atoms with Crippen LogP contribution in [-0.2, 0) is 18.9 Å². The second-order valence-corrected chi connectivity index (χ2v) is 3.75. The zero-order chi connectivity index (χ0) is 12.7. The minimum Gasteiger partial charge on any atom is -0.378 e. The molecule has 106 valence electrons. The first-order valence-corrected chi connectivity index (χ1v) is 6.50. The van der Waals surface area contributed by atoms with E-state index >= 15 is 0 Å². The molecular weight excluding hydrogens is 236 g/mol. The molecule has 0 amide bonds. The van der Waals surface area contributed by atoms with Gasteiger partial charge in [-0.2, -0.15) is 0 Å². The van der Waals surface area contributed by atoms with Gasteiger partial charge in [0.15, 0.2) is 0 Å². The van der Waals surface area contributed by atoms with E-state index in [0.717, 1.165) is 13.1 Å². The van der Waals surface area contributed by atoms with E-state index in [4.69, 9.17) is 18.9 Å². The van der Waals surface area contributed by atoms with Gasteiger partial charge in [-0.1, -0.05) is 0 Å². The smallest absolute Gasteiger partial charge is 0.0815 e. The third-order valence-corrected chi connectivity index (χ3v) is 2.28. The normalized spacial score (nSPS) is 23.1. The molecule has 0 fully saturated rings. The van der Waals surface area contributed by atoms with Crippen molar-refractivity contribution >= 4 is 6.21 Å². The van der Waals surface area contributed by atoms with Crippen LogP contribution in [0.15, 0.2) is 4.99 Å². The lowest BCUT2D eigenvalue weighted by molar-refractivity contribution is 0.0479. The summed E-state index contributed by atoms with van der Waals surface area (Å²) < 4.78 is 21.5. The van der Waals surface area contributed by atoms with E-state index in [1.807, 2.05) is 0 Å². The Labute approximate surface area is 109 Å². The van der Waals surface area contributed by atoms with Crippen molar-refractivity contribution in [2.45, 2.75) is 0 Å². The van der Waals surface area contributed by atoms with Crippen LogP contribution in [0.4, 0.5) is 0 Å². The molecule has 1 aliphatic heterocycles. The van der Waals surface area contributed by atoms with Crippen molar-refractivity contribution in [3.63, 3.8) is 0 Å². The van der Waals surface area contributed by atoms with Crippen molar-refractivity contribution in [1.82, 2.24) is 5.32 Å². The average molecular weight is 260 g/mol. The lowest BCUT2D eigenvalue weighted by Crippen LogP contribution is -2.25. The molecule has 0 aromatic heterocycles. The van der Waals surface area contributed by atoms with Gasteiger partial charge in [0.05, 0.1) is 59.4 Å². The maximum absolute atomic E-state index is 5.39. The Balaban J connectivity index is 2.06. The molecule has 0 aliphatic carbocycles. The zero-order valence-electron chi connectivity index (χ0n) is 10.9. The van der Waals surface area contributed by atoms with Crippen molar-refractivity contribution in [3.8, 4) is 0 Å². The lowest BCUT2D eigenvalue weighted by Gasteiger charge is -2.08. The second-order valence-electron chi connectivity index (χ2n) is 3.75. The summed E-state index contributed by atoms with van der Waals surface area (Å²) in [6, 6.07) is 0. The third-order valence-electron chi connectivity index (χ3n) is 2.28. The summed E-state index contributed by atoms with van der Waals surface area (Å²) >= 11 is 0. The first kappa shape index (κ1) is 15.5. The van der Waals surface area contributed by atoms with Crippen molar-refractivity contribution in [2.24, 2.45) is 4.99 Å². The van der Waals surface area contributed by atoms with Gasteiger partial charge in [0, 0.05) is 19.3 Å². The SMILES string of the molecule is C1=NCCOCCOCCNCCOCCOC1. The molecule has 1 heterocycles. The van der Waals surface area contributed by atoms with Crippen molar-refractivity contribution in [1.29, 1.82) is 0 Å². The highest BCUT2D eigenvalue weighted by molar-refractivity contribution is 5.58. The van der Waals surface area contributed by atoms with Crippen LogP contribution in [0.1, 0.15) is 0 Å². The molecule has 0 aromatic carbocycles. The fourth-order valence-corrected chi connectivity index (χ4v) is 1.35. The van der Waals surface area contributed by atoms with Crippen LogP contribution < -0.4 is 5.32 Å². The summed E-state index contributed by atoms with van der Waals surface area (Å²) in [5, 5.41) is 3.24. The van der Waals surface area contributed by atoms with E-state index in [0.29, 0.717) is 59.4 Å². The minimum atomic E-state index is 0.532. The molecule has 1 rings (SSSR count). The summed E-state index contributed by atoms with van der Waals surface area (Å²) in [7, 11) is 0. The Kier molecular flexibility index (Phi) is 11.1. The number of nitrogens with zero attached hydrogens (tertiary/aromatic N) is 1. The molecule has 1 aliphatic rings. The second kappa shape index (κ2) is 12.9. The van der Waals surface area contributed by atoms with Crippen LogP contribution in [-0.4, -0.2) is 78.7 Å². The largest absolute Gasteiger partial charge is 0.378 e. The van der Waals surface area contributed by atoms with E-state index in [-0.39, 0.29) is 0 Å². The van der Waals surface area contributed by atoms with Gasteiger partial charge in [0.1, 0.15) is 0 Å². The van der Waals surface area contributed by atoms with E-state index < -0.39 is 0 Å². The van der Waals surface area contributed by atoms with Crippen molar-refractivity contribution in [2.75, 3.05) is 72.5 Å². The molecule has 1 N–H and O–H groups in total. The average Bonchev–Trinajstić information content (AvgIpc) is 2.39. The van der Waals surface area contributed by atoms with Crippen LogP contribution in [0, 0.1) is 0 Å². The maximum atomic E-state index is 5.39. The van der Waals surface area contributed by atoms with E-state index in [1.54, 1.807) is 6.21 Å². The van der Waals surface area contributed by atoms with Gasteiger partial charge in [-0.05, 0) is 0 Å². The Hall–Kier alpha value is -0.530. The Morgan fingerprint density at radius 1 is 0.722 bits per heavy atom. The number of hydrogen-bond donors (Lipinski definition) is 1. The summed E-state index contributed by atoms with van der Waals surface area (Å²) in [6.07, 6.45) is 1.77. The summed E-state index contributed by atoms with van der Waals surface area (Å²) in [5.41, 5.74) is 0. The number of nitrogens with one attached hydrogen (secondary N) is 1. The Morgan fingerprint density at radius 2 is 1.33 bits per heavy atom. The molecule has 0 atom stereocenters. The van der Waals surface area contributed by atoms with E-state index in [2.05, 4.69) is 10.3 Å². The Morgan fingerprint density at radius 3 is 2.06 bits per heavy atom. The van der Waals surface area contributed by atoms with Gasteiger partial charge in [0.25, 0.3) is 0 Å². The summed E-state index contributed by atoms with van der Waals surface area (Å²) in [4.78, 5) is 4.17. The van der Waals surface area contributed by atoms with Gasteiger partial charge in [-0.15, -0.1) is 0 Å². The molecule has 0 radical (unpaired) electrons. The number of ether oxygens (including phenoxy) is 4. The quantitative estimate of drug-likeness (QED) is 0.649. The van der Waals surface area contributed by atoms with Gasteiger partial charge in [-0.3, -0.25) is 4.99 Å². The first-order valence-electron chi connectivity index (χ1n) is 6.50. The molecule has 0 saturated heterocycles. The molecule has 0 bridgehead atoms. The van der Waals surface area contributed by atoms with E-state index in [1.165, 1.54) is 0 Å². The maximum Gasteiger partial charge on any atom is 0.0815 e. The predicted octanol–water partition coefficient (Wildman–Crippen LogP) is -0.273. The van der Waals surface area contributed by atoms with Crippen LogP contribution in [0.3, 0.4) is 0 Å². The topological polar surface area (TPSA) is 61.3 Å². The lowest BCUT2D eigenvalue weighted by atomic mass is 10.6. The van der Waals surface area contributed by atoms with Gasteiger partial charge in [0.2, 0.25) is 0 Å². The fourth-order valence-electron chi connectivity index (χ4n) is 1.35. The number of hydrogen-bond acceptors (Lipinski definition) is 6. The van der Waals surface area contributed by atoms with Crippen LogP contribution in [0.25, 0.3) is 0 Å². The highest BCUT2D eigenvalue weighted by atomic mass is 16.5. The predicted molar refractivity (Wildman–Crippen MR) is 69.5 cm³/mol. The Bertz CT molecular complexity index is 183. The fraction of sp³-hybridized carbons (Fsp3) is 0.917. The summed E-state index contributed by atoms with van der Waals surface area (Å²) in [5.74, 6) is 0. The standard InChI is InChI=1S/C12H24N2O4/c1-5-15-9-10-17-7-3-14-4-8-18-12-11-16-6-2-13-1/h1,14H,2-12H2. The van der Waals surface area contributed by atoms with Gasteiger partial charge < -0.3 is 24.3 Å². The zero-order valence-corrected chi connectivity index (χ0v) is 10.9. The van der Waals surface area contributed by atoms with Crippen LogP contribution in [0.2, 0.25) is 0 Å². The van der Waals surface area contributed by atoms with Crippen molar-refractivity contribution in [3.05, 3.63) is 0 Å². The molecule has 0 saturated carbocycles. The van der Waals surface area contributed by atoms with Crippen molar-refractivity contribution < 1.29 is 18.9 Å². The van der Waals surface area contributed by atoms with Crippen LogP contribution >= 0.6 is 0 Å². The summed E-state index contributed by atoms with van der Waals surface area (Å²) in [6.45, 7) is 7.37. The van der Waals surface area contributed by atoms with Gasteiger partial charge in [-0.25, -0.2) is 0 Å². The first-order chi connectivity index (χ1) is 9.00. The monoisotopic (exact) mass is 260 g/mol. The molecule has 18 heavy (non-hydrogen) atoms. The minimum absolute atomic E-state index is 0.532. The molecular formula is C12H24N2O4. The highest BCUT2D eigenvalue weighted by Crippen LogP contribution is 1.82. The highest BCUT2D eigenvalue weighted by Gasteiger charge is 1.93. The van der Waals surface area contributed by atoms with E-state index in [9.17, 15) is 0 Å². The third kappa shape index (κ3) is 10.6. The number of rotatable bonds is 0. The molecule has 6 heteroatoms. The molecule has 6 nitrogen and oxygen atoms in total. The van der Waals surface area contributed by atoms with Gasteiger partial charge >= 0.3 is 0 Å². The van der Waals surface area contributed by atoms with Crippen LogP contribution in [0.5, 0.6) is 0 Å². The molecule has 0 spiro atoms. The number of aliphatic imine (C=N–C) groups is 1.